The molecule has 7 heteroatoms. The summed E-state index contributed by atoms with van der Waals surface area (Å²) in [7, 11) is 0. The number of hydrogen-bond acceptors (Lipinski definition) is 5. The first kappa shape index (κ1) is 21.5. The lowest BCUT2D eigenvalue weighted by molar-refractivity contribution is -0.137. The molecule has 3 atom stereocenters. The highest BCUT2D eigenvalue weighted by Gasteiger charge is 2.36. The predicted molar refractivity (Wildman–Crippen MR) is 119 cm³/mol. The topological polar surface area (TPSA) is 86.4 Å². The van der Waals surface area contributed by atoms with Crippen LogP contribution in [0.3, 0.4) is 0 Å². The van der Waals surface area contributed by atoms with Gasteiger partial charge in [-0.1, -0.05) is 30.3 Å². The molecule has 3 unspecified atom stereocenters. The van der Waals surface area contributed by atoms with Gasteiger partial charge in [0.05, 0.1) is 5.92 Å². The minimum Gasteiger partial charge on any atom is -0.356 e. The third-order valence-corrected chi connectivity index (χ3v) is 6.20. The van der Waals surface area contributed by atoms with E-state index in [-0.39, 0.29) is 29.8 Å². The third-order valence-electron chi connectivity index (χ3n) is 6.20. The van der Waals surface area contributed by atoms with Gasteiger partial charge in [-0.3, -0.25) is 14.6 Å². The summed E-state index contributed by atoms with van der Waals surface area (Å²) in [6.45, 7) is 1.88. The minimum absolute atomic E-state index is 0.0673. The molecule has 1 aromatic heterocycles. The van der Waals surface area contributed by atoms with E-state index in [1.807, 2.05) is 35.2 Å². The maximum absolute atomic E-state index is 13.0. The number of carbonyl (C=O) groups excluding carboxylic acids is 2. The van der Waals surface area contributed by atoms with Crippen LogP contribution in [0.1, 0.15) is 42.9 Å². The number of hydrogen-bond donors (Lipinski definition) is 3. The number of amides is 2. The van der Waals surface area contributed by atoms with Crippen molar-refractivity contribution >= 4 is 11.8 Å². The summed E-state index contributed by atoms with van der Waals surface area (Å²) in [6, 6.07) is 14.0. The highest BCUT2D eigenvalue weighted by Crippen LogP contribution is 2.24. The maximum Gasteiger partial charge on any atom is 0.241 e. The van der Waals surface area contributed by atoms with Crippen LogP contribution in [-0.4, -0.2) is 47.4 Å². The van der Waals surface area contributed by atoms with Crippen molar-refractivity contribution in [1.82, 2.24) is 26.1 Å². The molecule has 2 aromatic rings. The van der Waals surface area contributed by atoms with Crippen LogP contribution in [0.4, 0.5) is 0 Å². The van der Waals surface area contributed by atoms with Gasteiger partial charge in [0.2, 0.25) is 11.8 Å². The molecule has 0 bridgehead atoms. The first-order valence-electron chi connectivity index (χ1n) is 11.2. The van der Waals surface area contributed by atoms with Crippen LogP contribution in [0.2, 0.25) is 0 Å². The van der Waals surface area contributed by atoms with Crippen molar-refractivity contribution in [2.24, 2.45) is 5.92 Å². The summed E-state index contributed by atoms with van der Waals surface area (Å²) in [5.41, 5.74) is 8.76. The fraction of sp³-hybridized carbons (Fsp3) is 0.458. The highest BCUT2D eigenvalue weighted by atomic mass is 16.2. The van der Waals surface area contributed by atoms with Gasteiger partial charge in [0.25, 0.3) is 0 Å². The predicted octanol–water partition coefficient (Wildman–Crippen LogP) is 1.98. The molecule has 2 fully saturated rings. The molecule has 2 saturated heterocycles. The molecule has 31 heavy (non-hydrogen) atoms. The number of rotatable bonds is 7. The van der Waals surface area contributed by atoms with Crippen molar-refractivity contribution in [3.8, 4) is 0 Å². The largest absolute Gasteiger partial charge is 0.356 e. The maximum atomic E-state index is 13.0. The standard InChI is InChI=1S/C24H31N5O2/c30-23(26-12-4-8-18-6-2-1-3-7-18)20-9-5-15-29(17-20)24(31)22-16-21(27-28-22)19-10-13-25-14-11-19/h1-3,6-7,10-11,13-14,20-22,27-28H,4-5,8-9,12,15-17H2,(H,26,30). The smallest absolute Gasteiger partial charge is 0.241 e. The summed E-state index contributed by atoms with van der Waals surface area (Å²) in [5.74, 6) is 0.0168. The zero-order chi connectivity index (χ0) is 21.5. The molecule has 164 valence electrons. The SMILES string of the molecule is O=C(NCCCc1ccccc1)C1CCCN(C(=O)C2CC(c3ccncc3)NN2)C1. The zero-order valence-corrected chi connectivity index (χ0v) is 17.8. The second kappa shape index (κ2) is 10.5. The monoisotopic (exact) mass is 421 g/mol. The molecular formula is C24H31N5O2. The lowest BCUT2D eigenvalue weighted by atomic mass is 9.95. The molecule has 2 amide bonds. The van der Waals surface area contributed by atoms with E-state index in [0.29, 0.717) is 26.1 Å². The van der Waals surface area contributed by atoms with Gasteiger partial charge in [-0.05, 0) is 55.4 Å². The number of pyridine rings is 1. The van der Waals surface area contributed by atoms with Gasteiger partial charge < -0.3 is 10.2 Å². The van der Waals surface area contributed by atoms with Gasteiger partial charge in [0.15, 0.2) is 0 Å². The molecule has 0 radical (unpaired) electrons. The van der Waals surface area contributed by atoms with Gasteiger partial charge in [0.1, 0.15) is 6.04 Å². The van der Waals surface area contributed by atoms with Crippen molar-refractivity contribution in [2.45, 2.75) is 44.2 Å². The number of likely N-dealkylation sites (tertiary alicyclic amines) is 1. The summed E-state index contributed by atoms with van der Waals surface area (Å²) in [6.07, 6.45) is 7.79. The number of nitrogens with one attached hydrogen (secondary N) is 3. The molecule has 2 aliphatic rings. The normalized spacial score (nSPS) is 23.5. The lowest BCUT2D eigenvalue weighted by Gasteiger charge is -2.33. The Morgan fingerprint density at radius 3 is 2.71 bits per heavy atom. The molecule has 7 nitrogen and oxygen atoms in total. The molecule has 0 spiro atoms. The average molecular weight is 422 g/mol. The first-order valence-corrected chi connectivity index (χ1v) is 11.2. The van der Waals surface area contributed by atoms with Crippen molar-refractivity contribution in [1.29, 1.82) is 0 Å². The molecule has 4 rings (SSSR count). The van der Waals surface area contributed by atoms with Crippen LogP contribution in [0.15, 0.2) is 54.9 Å². The van der Waals surface area contributed by atoms with Crippen LogP contribution in [-0.2, 0) is 16.0 Å². The summed E-state index contributed by atoms with van der Waals surface area (Å²) >= 11 is 0. The minimum atomic E-state index is -0.272. The van der Waals surface area contributed by atoms with Crippen LogP contribution in [0.25, 0.3) is 0 Å². The van der Waals surface area contributed by atoms with E-state index in [4.69, 9.17) is 0 Å². The van der Waals surface area contributed by atoms with Gasteiger partial charge >= 0.3 is 0 Å². The number of aromatic nitrogens is 1. The Hall–Kier alpha value is -2.77. The van der Waals surface area contributed by atoms with E-state index >= 15 is 0 Å². The van der Waals surface area contributed by atoms with E-state index in [1.54, 1.807) is 12.4 Å². The van der Waals surface area contributed by atoms with Crippen molar-refractivity contribution in [2.75, 3.05) is 19.6 Å². The van der Waals surface area contributed by atoms with Gasteiger partial charge in [-0.25, -0.2) is 10.9 Å². The number of carbonyl (C=O) groups is 2. The van der Waals surface area contributed by atoms with Crippen LogP contribution >= 0.6 is 0 Å². The Labute approximate surface area is 183 Å². The Morgan fingerprint density at radius 2 is 1.90 bits per heavy atom. The van der Waals surface area contributed by atoms with Gasteiger partial charge in [0, 0.05) is 38.1 Å². The fourth-order valence-corrected chi connectivity index (χ4v) is 4.44. The number of piperidine rings is 1. The van der Waals surface area contributed by atoms with E-state index in [0.717, 1.165) is 31.2 Å². The Kier molecular flexibility index (Phi) is 7.27. The Bertz CT molecular complexity index is 861. The highest BCUT2D eigenvalue weighted by molar-refractivity contribution is 5.84. The number of hydrazine groups is 1. The molecule has 3 heterocycles. The first-order chi connectivity index (χ1) is 15.2. The van der Waals surface area contributed by atoms with E-state index in [1.165, 1.54) is 5.56 Å². The van der Waals surface area contributed by atoms with Crippen LogP contribution in [0, 0.1) is 5.92 Å². The average Bonchev–Trinajstić information content (AvgIpc) is 3.33. The van der Waals surface area contributed by atoms with E-state index in [2.05, 4.69) is 33.3 Å². The van der Waals surface area contributed by atoms with Crippen LogP contribution in [0.5, 0.6) is 0 Å². The summed E-state index contributed by atoms with van der Waals surface area (Å²) in [5, 5.41) is 3.07. The lowest BCUT2D eigenvalue weighted by Crippen LogP contribution is -2.51. The third kappa shape index (κ3) is 5.68. The van der Waals surface area contributed by atoms with Crippen molar-refractivity contribution in [3.63, 3.8) is 0 Å². The van der Waals surface area contributed by atoms with Crippen LogP contribution < -0.4 is 16.2 Å². The second-order valence-corrected chi connectivity index (χ2v) is 8.41. The molecule has 3 N–H and O–H groups in total. The van der Waals surface area contributed by atoms with Crippen molar-refractivity contribution in [3.05, 3.63) is 66.0 Å². The fourth-order valence-electron chi connectivity index (χ4n) is 4.44. The van der Waals surface area contributed by atoms with E-state index < -0.39 is 0 Å². The number of aryl methyl sites for hydroxylation is 1. The van der Waals surface area contributed by atoms with Gasteiger partial charge in [-0.15, -0.1) is 0 Å². The number of benzene rings is 1. The Morgan fingerprint density at radius 1 is 1.10 bits per heavy atom. The molecule has 2 aliphatic heterocycles. The summed E-state index contributed by atoms with van der Waals surface area (Å²) in [4.78, 5) is 31.6. The quantitative estimate of drug-likeness (QED) is 0.595. The van der Waals surface area contributed by atoms with Crippen molar-refractivity contribution < 1.29 is 9.59 Å². The molecule has 1 aromatic carbocycles. The molecule has 0 aliphatic carbocycles. The van der Waals surface area contributed by atoms with Gasteiger partial charge in [-0.2, -0.15) is 0 Å². The molecular weight excluding hydrogens is 390 g/mol. The second-order valence-electron chi connectivity index (χ2n) is 8.41. The summed E-state index contributed by atoms with van der Waals surface area (Å²) < 4.78 is 0. The van der Waals surface area contributed by atoms with E-state index in [9.17, 15) is 9.59 Å². The Balaban J connectivity index is 1.22. The molecule has 0 saturated carbocycles. The number of nitrogens with zero attached hydrogens (tertiary/aromatic N) is 2. The zero-order valence-electron chi connectivity index (χ0n) is 17.8.